The average Bonchev–Trinajstić information content (AvgIpc) is 3.31. The summed E-state index contributed by atoms with van der Waals surface area (Å²) < 4.78 is 8.22. The second-order valence-corrected chi connectivity index (χ2v) is 9.18. The second kappa shape index (κ2) is 7.60. The highest BCUT2D eigenvalue weighted by Gasteiger charge is 2.33. The second-order valence-electron chi connectivity index (χ2n) is 8.74. The molecule has 0 bridgehead atoms. The smallest absolute Gasteiger partial charge is 0.182 e. The van der Waals surface area contributed by atoms with Gasteiger partial charge in [-0.1, -0.05) is 23.7 Å². The van der Waals surface area contributed by atoms with E-state index in [1.807, 2.05) is 44.3 Å². The molecule has 4 heterocycles. The first-order chi connectivity index (χ1) is 15.5. The van der Waals surface area contributed by atoms with Gasteiger partial charge in [-0.05, 0) is 45.2 Å². The van der Waals surface area contributed by atoms with Crippen LogP contribution in [0, 0.1) is 13.8 Å². The number of hydrogen-bond acceptors (Lipinski definition) is 6. The highest BCUT2D eigenvalue weighted by atomic mass is 35.5. The molecule has 2 aliphatic rings. The van der Waals surface area contributed by atoms with Crippen LogP contribution in [0.2, 0.25) is 5.02 Å². The summed E-state index contributed by atoms with van der Waals surface area (Å²) in [6.45, 7) is 4.49. The summed E-state index contributed by atoms with van der Waals surface area (Å²) in [5.41, 5.74) is 5.93. The minimum absolute atomic E-state index is 0.0108. The van der Waals surface area contributed by atoms with Crippen molar-refractivity contribution in [2.45, 2.75) is 51.2 Å². The molecule has 1 aliphatic carbocycles. The normalized spacial score (nSPS) is 20.8. The SMILES string of the molecule is Cc1nc2nc(C3COC(c4cnn(C5CC5)c4)C3)nc(-c3ccc(Cl)cc3)c2nc1C. The Balaban J connectivity index is 1.38. The van der Waals surface area contributed by atoms with Crippen molar-refractivity contribution in [1.29, 1.82) is 0 Å². The molecule has 1 aliphatic heterocycles. The number of nitrogens with zero attached hydrogens (tertiary/aromatic N) is 6. The molecular weight excluding hydrogens is 424 g/mol. The van der Waals surface area contributed by atoms with Crippen molar-refractivity contribution in [1.82, 2.24) is 29.7 Å². The standard InChI is InChI=1S/C24H23ClN6O/c1-13-14(2)28-24-22(27-13)21(15-3-5-18(25)6-4-15)29-23(30-24)16-9-20(32-12-16)17-10-26-31(11-17)19-7-8-19/h3-6,10-11,16,19-20H,7-9,12H2,1-2H3. The predicted octanol–water partition coefficient (Wildman–Crippen LogP) is 5.13. The molecule has 6 rings (SSSR count). The van der Waals surface area contributed by atoms with Crippen LogP contribution in [0.1, 0.15) is 60.1 Å². The lowest BCUT2D eigenvalue weighted by Crippen LogP contribution is -2.08. The number of ether oxygens (including phenoxy) is 1. The monoisotopic (exact) mass is 446 g/mol. The molecule has 1 saturated carbocycles. The molecule has 2 fully saturated rings. The summed E-state index contributed by atoms with van der Waals surface area (Å²) >= 11 is 6.11. The van der Waals surface area contributed by atoms with Crippen molar-refractivity contribution >= 4 is 22.8 Å². The van der Waals surface area contributed by atoms with Gasteiger partial charge in [-0.25, -0.2) is 19.9 Å². The quantitative estimate of drug-likeness (QED) is 0.432. The molecule has 1 saturated heterocycles. The Morgan fingerprint density at radius 3 is 2.56 bits per heavy atom. The first kappa shape index (κ1) is 19.8. The Bertz CT molecular complexity index is 1310. The van der Waals surface area contributed by atoms with Crippen LogP contribution in [0.4, 0.5) is 0 Å². The van der Waals surface area contributed by atoms with Crippen LogP contribution >= 0.6 is 11.6 Å². The molecule has 0 N–H and O–H groups in total. The van der Waals surface area contributed by atoms with E-state index in [0.29, 0.717) is 28.8 Å². The van der Waals surface area contributed by atoms with E-state index < -0.39 is 0 Å². The largest absolute Gasteiger partial charge is 0.373 e. The fraction of sp³-hybridized carbons (Fsp3) is 0.375. The summed E-state index contributed by atoms with van der Waals surface area (Å²) in [5.74, 6) is 0.834. The van der Waals surface area contributed by atoms with Crippen molar-refractivity contribution in [3.63, 3.8) is 0 Å². The Hall–Kier alpha value is -2.90. The molecule has 0 amide bonds. The van der Waals surface area contributed by atoms with Crippen LogP contribution in [0.15, 0.2) is 36.7 Å². The van der Waals surface area contributed by atoms with Gasteiger partial charge in [0.2, 0.25) is 0 Å². The van der Waals surface area contributed by atoms with Gasteiger partial charge in [0.15, 0.2) is 5.65 Å². The Morgan fingerprint density at radius 1 is 1.00 bits per heavy atom. The van der Waals surface area contributed by atoms with E-state index in [1.54, 1.807) is 0 Å². The summed E-state index contributed by atoms with van der Waals surface area (Å²) in [4.78, 5) is 19.3. The molecule has 32 heavy (non-hydrogen) atoms. The lowest BCUT2D eigenvalue weighted by atomic mass is 10.0. The van der Waals surface area contributed by atoms with E-state index in [2.05, 4.69) is 16.0 Å². The molecular formula is C24H23ClN6O. The lowest BCUT2D eigenvalue weighted by molar-refractivity contribution is 0.110. The predicted molar refractivity (Wildman–Crippen MR) is 122 cm³/mol. The molecule has 2 unspecified atom stereocenters. The maximum absolute atomic E-state index is 6.15. The van der Waals surface area contributed by atoms with Crippen molar-refractivity contribution in [3.8, 4) is 11.3 Å². The Labute approximate surface area is 190 Å². The van der Waals surface area contributed by atoms with Gasteiger partial charge < -0.3 is 4.74 Å². The van der Waals surface area contributed by atoms with Crippen molar-refractivity contribution in [3.05, 3.63) is 64.5 Å². The van der Waals surface area contributed by atoms with Gasteiger partial charge in [0.25, 0.3) is 0 Å². The highest BCUT2D eigenvalue weighted by Crippen LogP contribution is 2.40. The Kier molecular flexibility index (Phi) is 4.69. The Morgan fingerprint density at radius 2 is 1.78 bits per heavy atom. The minimum Gasteiger partial charge on any atom is -0.373 e. The van der Waals surface area contributed by atoms with Gasteiger partial charge in [0.05, 0.1) is 36.3 Å². The summed E-state index contributed by atoms with van der Waals surface area (Å²) in [7, 11) is 0. The average molecular weight is 447 g/mol. The molecule has 1 aromatic carbocycles. The highest BCUT2D eigenvalue weighted by molar-refractivity contribution is 6.30. The van der Waals surface area contributed by atoms with Gasteiger partial charge >= 0.3 is 0 Å². The van der Waals surface area contributed by atoms with Crippen LogP contribution in [0.3, 0.4) is 0 Å². The van der Waals surface area contributed by atoms with Crippen LogP contribution in [0.5, 0.6) is 0 Å². The third-order valence-corrected chi connectivity index (χ3v) is 6.61. The minimum atomic E-state index is 0.0108. The number of aryl methyl sites for hydroxylation is 2. The van der Waals surface area contributed by atoms with Gasteiger partial charge in [0.1, 0.15) is 17.0 Å². The number of aromatic nitrogens is 6. The number of benzene rings is 1. The lowest BCUT2D eigenvalue weighted by Gasteiger charge is -2.12. The first-order valence-electron chi connectivity index (χ1n) is 11.0. The van der Waals surface area contributed by atoms with Crippen LogP contribution in [-0.2, 0) is 4.74 Å². The number of hydrogen-bond donors (Lipinski definition) is 0. The van der Waals surface area contributed by atoms with E-state index in [4.69, 9.17) is 36.3 Å². The molecule has 2 atom stereocenters. The van der Waals surface area contributed by atoms with E-state index in [0.717, 1.165) is 40.5 Å². The third-order valence-electron chi connectivity index (χ3n) is 6.35. The first-order valence-corrected chi connectivity index (χ1v) is 11.4. The molecule has 4 aromatic rings. The van der Waals surface area contributed by atoms with Gasteiger partial charge in [0, 0.05) is 28.3 Å². The molecule has 162 valence electrons. The molecule has 0 spiro atoms. The van der Waals surface area contributed by atoms with Gasteiger partial charge in [-0.3, -0.25) is 4.68 Å². The molecule has 8 heteroatoms. The van der Waals surface area contributed by atoms with E-state index in [9.17, 15) is 0 Å². The van der Waals surface area contributed by atoms with E-state index in [1.165, 1.54) is 12.8 Å². The maximum atomic E-state index is 6.15. The van der Waals surface area contributed by atoms with Crippen molar-refractivity contribution in [2.75, 3.05) is 6.61 Å². The van der Waals surface area contributed by atoms with E-state index >= 15 is 0 Å². The van der Waals surface area contributed by atoms with Crippen LogP contribution in [0.25, 0.3) is 22.4 Å². The molecule has 0 radical (unpaired) electrons. The third kappa shape index (κ3) is 3.55. The van der Waals surface area contributed by atoms with Crippen LogP contribution < -0.4 is 0 Å². The topological polar surface area (TPSA) is 78.6 Å². The fourth-order valence-electron chi connectivity index (χ4n) is 4.22. The van der Waals surface area contributed by atoms with Gasteiger partial charge in [-0.2, -0.15) is 5.10 Å². The number of fused-ring (bicyclic) bond motifs is 1. The van der Waals surface area contributed by atoms with E-state index in [-0.39, 0.29) is 12.0 Å². The van der Waals surface area contributed by atoms with Gasteiger partial charge in [-0.15, -0.1) is 0 Å². The van der Waals surface area contributed by atoms with Crippen molar-refractivity contribution < 1.29 is 4.74 Å². The fourth-order valence-corrected chi connectivity index (χ4v) is 4.34. The summed E-state index contributed by atoms with van der Waals surface area (Å²) in [6, 6.07) is 8.23. The zero-order chi connectivity index (χ0) is 21.8. The molecule has 7 nitrogen and oxygen atoms in total. The number of rotatable bonds is 4. The van der Waals surface area contributed by atoms with Crippen molar-refractivity contribution in [2.24, 2.45) is 0 Å². The maximum Gasteiger partial charge on any atom is 0.182 e. The zero-order valence-corrected chi connectivity index (χ0v) is 18.8. The zero-order valence-electron chi connectivity index (χ0n) is 18.0. The molecule has 3 aromatic heterocycles. The number of halogens is 1. The van der Waals surface area contributed by atoms with Crippen LogP contribution in [-0.4, -0.2) is 36.3 Å². The summed E-state index contributed by atoms with van der Waals surface area (Å²) in [5, 5.41) is 5.20. The summed E-state index contributed by atoms with van der Waals surface area (Å²) in [6.07, 6.45) is 7.32.